The first-order valence-electron chi connectivity index (χ1n) is 10.1. The van der Waals surface area contributed by atoms with Crippen LogP contribution in [-0.4, -0.2) is 26.5 Å². The molecule has 1 saturated heterocycles. The van der Waals surface area contributed by atoms with Gasteiger partial charge in [0.05, 0.1) is 26.5 Å². The zero-order chi connectivity index (χ0) is 20.6. The Balaban J connectivity index is 1.64. The lowest BCUT2D eigenvalue weighted by Crippen LogP contribution is -2.27. The molecule has 6 heteroatoms. The topological polar surface area (TPSA) is 27.7 Å². The third kappa shape index (κ3) is 5.73. The van der Waals surface area contributed by atoms with Gasteiger partial charge in [-0.25, -0.2) is 8.78 Å². The fraction of sp³-hybridized carbons (Fsp3) is 0.478. The normalized spacial score (nSPS) is 19.3. The van der Waals surface area contributed by atoms with Crippen LogP contribution >= 0.6 is 0 Å². The van der Waals surface area contributed by atoms with Gasteiger partial charge in [-0.15, -0.1) is 0 Å². The van der Waals surface area contributed by atoms with E-state index in [4.69, 9.17) is 14.2 Å². The molecule has 0 aliphatic carbocycles. The maximum atomic E-state index is 14.2. The van der Waals surface area contributed by atoms with E-state index < -0.39 is 30.3 Å². The zero-order valence-electron chi connectivity index (χ0n) is 16.6. The van der Waals surface area contributed by atoms with Gasteiger partial charge >= 0.3 is 0 Å². The third-order valence-corrected chi connectivity index (χ3v) is 4.97. The molecule has 0 radical (unpaired) electrons. The Morgan fingerprint density at radius 2 is 1.62 bits per heavy atom. The van der Waals surface area contributed by atoms with Crippen molar-refractivity contribution in [3.05, 3.63) is 53.6 Å². The summed E-state index contributed by atoms with van der Waals surface area (Å²) >= 11 is 0. The zero-order valence-corrected chi connectivity index (χ0v) is 16.6. The van der Waals surface area contributed by atoms with Crippen LogP contribution in [0.2, 0.25) is 0 Å². The van der Waals surface area contributed by atoms with E-state index in [9.17, 15) is 13.2 Å². The predicted octanol–water partition coefficient (Wildman–Crippen LogP) is 6.22. The summed E-state index contributed by atoms with van der Waals surface area (Å²) in [6, 6.07) is 9.68. The molecule has 1 aliphatic heterocycles. The molecule has 29 heavy (non-hydrogen) atoms. The second-order valence-electron chi connectivity index (χ2n) is 7.29. The molecule has 0 unspecified atom stereocenters. The van der Waals surface area contributed by atoms with Crippen LogP contribution in [0.15, 0.2) is 36.4 Å². The van der Waals surface area contributed by atoms with E-state index in [-0.39, 0.29) is 13.0 Å². The van der Waals surface area contributed by atoms with Crippen molar-refractivity contribution in [2.75, 3.05) is 26.5 Å². The second-order valence-corrected chi connectivity index (χ2v) is 7.29. The largest absolute Gasteiger partial charge is 0.488 e. The van der Waals surface area contributed by atoms with E-state index in [1.54, 1.807) is 12.1 Å². The molecule has 1 fully saturated rings. The van der Waals surface area contributed by atoms with Crippen molar-refractivity contribution >= 4 is 0 Å². The maximum Gasteiger partial charge on any atom is 0.190 e. The lowest BCUT2D eigenvalue weighted by atomic mass is 10.0. The van der Waals surface area contributed by atoms with Crippen LogP contribution in [0.1, 0.15) is 44.5 Å². The van der Waals surface area contributed by atoms with Gasteiger partial charge in [0.15, 0.2) is 23.7 Å². The van der Waals surface area contributed by atoms with E-state index in [1.165, 1.54) is 18.6 Å². The molecular formula is C23H27F3O3. The van der Waals surface area contributed by atoms with E-state index in [0.717, 1.165) is 18.4 Å². The van der Waals surface area contributed by atoms with Gasteiger partial charge in [-0.05, 0) is 29.7 Å². The van der Waals surface area contributed by atoms with Gasteiger partial charge in [-0.3, -0.25) is 4.39 Å². The molecule has 1 aliphatic rings. The van der Waals surface area contributed by atoms with Gasteiger partial charge in [0.25, 0.3) is 0 Å². The smallest absolute Gasteiger partial charge is 0.190 e. The number of alkyl halides is 1. The molecule has 2 aromatic rings. The highest BCUT2D eigenvalue weighted by molar-refractivity contribution is 5.65. The number of benzene rings is 2. The summed E-state index contributed by atoms with van der Waals surface area (Å²) < 4.78 is 57.2. The number of unbranched alkanes of at least 4 members (excludes halogenated alkanes) is 1. The Labute approximate surface area is 169 Å². The number of ether oxygens (including phenoxy) is 3. The number of halogens is 3. The fourth-order valence-electron chi connectivity index (χ4n) is 3.32. The van der Waals surface area contributed by atoms with Gasteiger partial charge in [-0.2, -0.15) is 0 Å². The van der Waals surface area contributed by atoms with E-state index in [1.807, 2.05) is 12.1 Å². The Morgan fingerprint density at radius 1 is 0.966 bits per heavy atom. The SMILES string of the molecule is CCCCC1COC(c2ccc(-c3cc(F)c(OCCCF)c(F)c3)cc2)OC1. The molecule has 3 rings (SSSR count). The second kappa shape index (κ2) is 10.6. The number of hydrogen-bond donors (Lipinski definition) is 0. The Bertz CT molecular complexity index is 748. The minimum atomic E-state index is -0.806. The highest BCUT2D eigenvalue weighted by Gasteiger charge is 2.23. The van der Waals surface area contributed by atoms with Crippen LogP contribution in [-0.2, 0) is 9.47 Å². The predicted molar refractivity (Wildman–Crippen MR) is 106 cm³/mol. The molecule has 0 bridgehead atoms. The highest BCUT2D eigenvalue weighted by Crippen LogP contribution is 2.32. The number of rotatable bonds is 9. The van der Waals surface area contributed by atoms with Crippen molar-refractivity contribution in [2.24, 2.45) is 5.92 Å². The summed E-state index contributed by atoms with van der Waals surface area (Å²) in [4.78, 5) is 0. The Morgan fingerprint density at radius 3 is 2.21 bits per heavy atom. The average Bonchev–Trinajstić information content (AvgIpc) is 2.74. The van der Waals surface area contributed by atoms with Crippen molar-refractivity contribution in [3.63, 3.8) is 0 Å². The third-order valence-electron chi connectivity index (χ3n) is 4.97. The Kier molecular flexibility index (Phi) is 7.95. The van der Waals surface area contributed by atoms with Crippen LogP contribution < -0.4 is 4.74 Å². The Hall–Kier alpha value is -2.05. The lowest BCUT2D eigenvalue weighted by molar-refractivity contribution is -0.206. The van der Waals surface area contributed by atoms with E-state index >= 15 is 0 Å². The quantitative estimate of drug-likeness (QED) is 0.461. The molecular weight excluding hydrogens is 381 g/mol. The highest BCUT2D eigenvalue weighted by atomic mass is 19.1. The van der Waals surface area contributed by atoms with Gasteiger partial charge < -0.3 is 14.2 Å². The molecule has 0 N–H and O–H groups in total. The summed E-state index contributed by atoms with van der Waals surface area (Å²) in [6.45, 7) is 2.85. The summed E-state index contributed by atoms with van der Waals surface area (Å²) in [5.74, 6) is -1.65. The maximum absolute atomic E-state index is 14.2. The van der Waals surface area contributed by atoms with Crippen LogP contribution in [0.25, 0.3) is 11.1 Å². The van der Waals surface area contributed by atoms with Gasteiger partial charge in [0.1, 0.15) is 0 Å². The summed E-state index contributed by atoms with van der Waals surface area (Å²) in [7, 11) is 0. The number of hydrogen-bond acceptors (Lipinski definition) is 3. The van der Waals surface area contributed by atoms with Crippen molar-refractivity contribution in [2.45, 2.75) is 38.9 Å². The molecule has 0 spiro atoms. The van der Waals surface area contributed by atoms with Gasteiger partial charge in [0.2, 0.25) is 0 Å². The first-order valence-corrected chi connectivity index (χ1v) is 10.1. The van der Waals surface area contributed by atoms with Crippen molar-refractivity contribution < 1.29 is 27.4 Å². The molecule has 1 heterocycles. The van der Waals surface area contributed by atoms with Gasteiger partial charge in [0, 0.05) is 17.9 Å². The van der Waals surface area contributed by atoms with Crippen LogP contribution in [0.4, 0.5) is 13.2 Å². The minimum Gasteiger partial charge on any atom is -0.488 e. The van der Waals surface area contributed by atoms with E-state index in [0.29, 0.717) is 30.3 Å². The molecule has 3 nitrogen and oxygen atoms in total. The van der Waals surface area contributed by atoms with Crippen LogP contribution in [0.5, 0.6) is 5.75 Å². The summed E-state index contributed by atoms with van der Waals surface area (Å²) in [5.41, 5.74) is 1.93. The van der Waals surface area contributed by atoms with Gasteiger partial charge in [-0.1, -0.05) is 44.0 Å². The van der Waals surface area contributed by atoms with Crippen molar-refractivity contribution in [1.82, 2.24) is 0 Å². The monoisotopic (exact) mass is 408 g/mol. The average molecular weight is 408 g/mol. The first-order chi connectivity index (χ1) is 14.1. The van der Waals surface area contributed by atoms with Crippen molar-refractivity contribution in [1.29, 1.82) is 0 Å². The van der Waals surface area contributed by atoms with Crippen molar-refractivity contribution in [3.8, 4) is 16.9 Å². The molecule has 0 atom stereocenters. The molecule has 0 aromatic heterocycles. The first kappa shape index (κ1) is 21.7. The fourth-order valence-corrected chi connectivity index (χ4v) is 3.32. The molecule has 158 valence electrons. The molecule has 2 aromatic carbocycles. The standard InChI is InChI=1S/C23H27F3O3/c1-2-3-5-16-14-28-23(29-15-16)18-8-6-17(7-9-18)19-12-20(25)22(21(26)13-19)27-11-4-10-24/h6-9,12-13,16,23H,2-5,10-11,14-15H2,1H3. The summed E-state index contributed by atoms with van der Waals surface area (Å²) in [5, 5.41) is 0. The van der Waals surface area contributed by atoms with Crippen LogP contribution in [0.3, 0.4) is 0 Å². The van der Waals surface area contributed by atoms with Crippen LogP contribution in [0, 0.1) is 17.6 Å². The molecule has 0 amide bonds. The lowest BCUT2D eigenvalue weighted by Gasteiger charge is -2.29. The molecule has 0 saturated carbocycles. The van der Waals surface area contributed by atoms with E-state index in [2.05, 4.69) is 6.92 Å². The summed E-state index contributed by atoms with van der Waals surface area (Å²) in [6.07, 6.45) is 3.11. The minimum absolute atomic E-state index is 0.0704.